The number of sulfonamides is 1. The lowest BCUT2D eigenvalue weighted by molar-refractivity contribution is 0.249. The van der Waals surface area contributed by atoms with E-state index in [0.29, 0.717) is 6.54 Å². The predicted molar refractivity (Wildman–Crippen MR) is 98.3 cm³/mol. The van der Waals surface area contributed by atoms with E-state index in [2.05, 4.69) is 9.80 Å². The lowest BCUT2D eigenvalue weighted by Crippen LogP contribution is -2.46. The number of nitrogens with two attached hydrogens (primary N) is 1. The third-order valence-electron chi connectivity index (χ3n) is 4.53. The van der Waals surface area contributed by atoms with Crippen molar-refractivity contribution in [2.45, 2.75) is 11.4 Å². The summed E-state index contributed by atoms with van der Waals surface area (Å²) in [4.78, 5) is 4.57. The summed E-state index contributed by atoms with van der Waals surface area (Å²) >= 11 is 0. The van der Waals surface area contributed by atoms with E-state index in [4.69, 9.17) is 9.88 Å². The van der Waals surface area contributed by atoms with Gasteiger partial charge in [0.2, 0.25) is 10.0 Å². The minimum atomic E-state index is -3.67. The van der Waals surface area contributed by atoms with Crippen LogP contribution in [0.1, 0.15) is 5.56 Å². The molecule has 1 fully saturated rings. The van der Waals surface area contributed by atoms with Crippen molar-refractivity contribution in [2.75, 3.05) is 38.2 Å². The van der Waals surface area contributed by atoms with Crippen LogP contribution in [0.4, 0.5) is 10.1 Å². The van der Waals surface area contributed by atoms with Crippen LogP contribution in [0.3, 0.4) is 0 Å². The molecule has 1 heterocycles. The Kier molecular flexibility index (Phi) is 5.45. The van der Waals surface area contributed by atoms with Gasteiger partial charge in [0.1, 0.15) is 0 Å². The summed E-state index contributed by atoms with van der Waals surface area (Å²) < 4.78 is 41.4. The molecule has 2 aromatic rings. The topological polar surface area (TPSA) is 75.9 Å². The van der Waals surface area contributed by atoms with Gasteiger partial charge >= 0.3 is 0 Å². The van der Waals surface area contributed by atoms with E-state index in [1.807, 2.05) is 6.07 Å². The van der Waals surface area contributed by atoms with Gasteiger partial charge in [0, 0.05) is 38.4 Å². The summed E-state index contributed by atoms with van der Waals surface area (Å²) in [6.45, 7) is 3.98. The van der Waals surface area contributed by atoms with E-state index in [1.54, 1.807) is 18.2 Å². The van der Waals surface area contributed by atoms with Crippen molar-refractivity contribution < 1.29 is 17.5 Å². The first kappa shape index (κ1) is 18.6. The fourth-order valence-electron chi connectivity index (χ4n) is 3.08. The SMILES string of the molecule is COc1ccc(CN2CCN(c3ccc(S(N)(=O)=O)cc3)CC2)cc1F. The molecular weight excluding hydrogens is 357 g/mol. The molecule has 2 aromatic carbocycles. The van der Waals surface area contributed by atoms with Crippen LogP contribution < -0.4 is 14.8 Å². The maximum absolute atomic E-state index is 13.8. The first-order valence-electron chi connectivity index (χ1n) is 8.29. The van der Waals surface area contributed by atoms with E-state index >= 15 is 0 Å². The van der Waals surface area contributed by atoms with Gasteiger partial charge in [-0.2, -0.15) is 0 Å². The molecular formula is C18H22FN3O3S. The van der Waals surface area contributed by atoms with Crippen LogP contribution in [-0.2, 0) is 16.6 Å². The number of rotatable bonds is 5. The van der Waals surface area contributed by atoms with Crippen molar-refractivity contribution in [1.29, 1.82) is 0 Å². The zero-order valence-electron chi connectivity index (χ0n) is 14.6. The molecule has 0 atom stereocenters. The molecule has 0 amide bonds. The van der Waals surface area contributed by atoms with Gasteiger partial charge in [-0.1, -0.05) is 6.07 Å². The number of nitrogens with zero attached hydrogens (tertiary/aromatic N) is 2. The molecule has 0 unspecified atom stereocenters. The van der Waals surface area contributed by atoms with Crippen LogP contribution in [0, 0.1) is 5.82 Å². The highest BCUT2D eigenvalue weighted by atomic mass is 32.2. The van der Waals surface area contributed by atoms with Gasteiger partial charge in [-0.25, -0.2) is 17.9 Å². The highest BCUT2D eigenvalue weighted by Gasteiger charge is 2.18. The van der Waals surface area contributed by atoms with E-state index in [0.717, 1.165) is 37.4 Å². The number of ether oxygens (including phenoxy) is 1. The summed E-state index contributed by atoms with van der Waals surface area (Å²) in [7, 11) is -2.22. The molecule has 3 rings (SSSR count). The van der Waals surface area contributed by atoms with E-state index < -0.39 is 10.0 Å². The number of primary sulfonamides is 1. The molecule has 0 radical (unpaired) electrons. The molecule has 0 aromatic heterocycles. The van der Waals surface area contributed by atoms with Gasteiger partial charge in [0.15, 0.2) is 11.6 Å². The van der Waals surface area contributed by atoms with Gasteiger partial charge in [-0.3, -0.25) is 4.90 Å². The molecule has 140 valence electrons. The van der Waals surface area contributed by atoms with Crippen LogP contribution in [0.15, 0.2) is 47.4 Å². The largest absolute Gasteiger partial charge is 0.494 e. The van der Waals surface area contributed by atoms with Crippen molar-refractivity contribution in [3.05, 3.63) is 53.8 Å². The number of hydrogen-bond donors (Lipinski definition) is 1. The molecule has 0 spiro atoms. The molecule has 1 aliphatic heterocycles. The summed E-state index contributed by atoms with van der Waals surface area (Å²) in [6.07, 6.45) is 0. The van der Waals surface area contributed by atoms with Crippen LogP contribution in [0.5, 0.6) is 5.75 Å². The Labute approximate surface area is 153 Å². The third kappa shape index (κ3) is 4.32. The van der Waals surface area contributed by atoms with Gasteiger partial charge in [0.05, 0.1) is 12.0 Å². The van der Waals surface area contributed by atoms with Crippen molar-refractivity contribution >= 4 is 15.7 Å². The molecule has 0 bridgehead atoms. The predicted octanol–water partition coefficient (Wildman–Crippen LogP) is 1.80. The molecule has 26 heavy (non-hydrogen) atoms. The Hall–Kier alpha value is -2.16. The Morgan fingerprint density at radius 2 is 1.73 bits per heavy atom. The van der Waals surface area contributed by atoms with Gasteiger partial charge in [0.25, 0.3) is 0 Å². The van der Waals surface area contributed by atoms with Crippen molar-refractivity contribution in [3.63, 3.8) is 0 Å². The zero-order valence-corrected chi connectivity index (χ0v) is 15.4. The summed E-state index contributed by atoms with van der Waals surface area (Å²) in [5, 5.41) is 5.12. The molecule has 8 heteroatoms. The Morgan fingerprint density at radius 3 is 2.27 bits per heavy atom. The number of halogens is 1. The minimum Gasteiger partial charge on any atom is -0.494 e. The first-order valence-corrected chi connectivity index (χ1v) is 9.84. The van der Waals surface area contributed by atoms with Crippen LogP contribution in [0.2, 0.25) is 0 Å². The number of benzene rings is 2. The minimum absolute atomic E-state index is 0.112. The molecule has 1 saturated heterocycles. The summed E-state index contributed by atoms with van der Waals surface area (Å²) in [5.74, 6) is -0.0971. The Balaban J connectivity index is 1.58. The van der Waals surface area contributed by atoms with Gasteiger partial charge in [-0.15, -0.1) is 0 Å². The van der Waals surface area contributed by atoms with Crippen molar-refractivity contribution in [1.82, 2.24) is 4.90 Å². The summed E-state index contributed by atoms with van der Waals surface area (Å²) in [6, 6.07) is 11.6. The summed E-state index contributed by atoms with van der Waals surface area (Å²) in [5.41, 5.74) is 1.88. The number of piperazine rings is 1. The fraction of sp³-hybridized carbons (Fsp3) is 0.333. The highest BCUT2D eigenvalue weighted by Crippen LogP contribution is 2.21. The third-order valence-corrected chi connectivity index (χ3v) is 5.45. The first-order chi connectivity index (χ1) is 12.4. The molecule has 1 aliphatic rings. The molecule has 2 N–H and O–H groups in total. The highest BCUT2D eigenvalue weighted by molar-refractivity contribution is 7.89. The smallest absolute Gasteiger partial charge is 0.238 e. The van der Waals surface area contributed by atoms with E-state index in [1.165, 1.54) is 25.3 Å². The standard InChI is InChI=1S/C18H22FN3O3S/c1-25-18-7-2-14(12-17(18)19)13-21-8-10-22(11-9-21)15-3-5-16(6-4-15)26(20,23)24/h2-7,12H,8-11,13H2,1H3,(H2,20,23,24). The quantitative estimate of drug-likeness (QED) is 0.857. The second-order valence-corrected chi connectivity index (χ2v) is 7.83. The van der Waals surface area contributed by atoms with Crippen molar-refractivity contribution in [2.24, 2.45) is 5.14 Å². The lowest BCUT2D eigenvalue weighted by Gasteiger charge is -2.36. The molecule has 6 nitrogen and oxygen atoms in total. The van der Waals surface area contributed by atoms with Crippen LogP contribution in [-0.4, -0.2) is 46.6 Å². The van der Waals surface area contributed by atoms with Crippen molar-refractivity contribution in [3.8, 4) is 5.75 Å². The maximum atomic E-state index is 13.8. The fourth-order valence-corrected chi connectivity index (χ4v) is 3.59. The molecule has 0 saturated carbocycles. The van der Waals surface area contributed by atoms with E-state index in [-0.39, 0.29) is 16.5 Å². The van der Waals surface area contributed by atoms with Crippen LogP contribution >= 0.6 is 0 Å². The number of methoxy groups -OCH3 is 1. The Morgan fingerprint density at radius 1 is 1.08 bits per heavy atom. The monoisotopic (exact) mass is 379 g/mol. The van der Waals surface area contributed by atoms with E-state index in [9.17, 15) is 12.8 Å². The van der Waals surface area contributed by atoms with Crippen LogP contribution in [0.25, 0.3) is 0 Å². The maximum Gasteiger partial charge on any atom is 0.238 e. The second-order valence-electron chi connectivity index (χ2n) is 6.27. The van der Waals surface area contributed by atoms with Gasteiger partial charge in [-0.05, 0) is 42.0 Å². The number of anilines is 1. The average molecular weight is 379 g/mol. The average Bonchev–Trinajstić information content (AvgIpc) is 2.62. The lowest BCUT2D eigenvalue weighted by atomic mass is 10.1. The Bertz CT molecular complexity index is 864. The second kappa shape index (κ2) is 7.61. The zero-order chi connectivity index (χ0) is 18.7. The normalized spacial score (nSPS) is 15.9. The molecule has 0 aliphatic carbocycles. The number of hydrogen-bond acceptors (Lipinski definition) is 5. The van der Waals surface area contributed by atoms with Gasteiger partial charge < -0.3 is 9.64 Å².